The molecule has 6 nitrogen and oxygen atoms in total. The van der Waals surface area contributed by atoms with Gasteiger partial charge in [-0.05, 0) is 38.0 Å². The average molecular weight is 454 g/mol. The average Bonchev–Trinajstić information content (AvgIpc) is 2.47. The van der Waals surface area contributed by atoms with E-state index >= 15 is 0 Å². The van der Waals surface area contributed by atoms with Crippen LogP contribution in [0.2, 0.25) is 0 Å². The van der Waals surface area contributed by atoms with Crippen molar-refractivity contribution >= 4 is 36.0 Å². The van der Waals surface area contributed by atoms with Crippen molar-refractivity contribution in [3.63, 3.8) is 0 Å². The molecule has 1 rings (SSSR count). The van der Waals surface area contributed by atoms with Gasteiger partial charge in [0.2, 0.25) is 0 Å². The number of alkyl carbamates (subject to hydrolysis) is 1. The molecule has 1 amide bonds. The minimum atomic E-state index is -0.346. The van der Waals surface area contributed by atoms with Gasteiger partial charge < -0.3 is 20.3 Å². The molecule has 0 spiro atoms. The van der Waals surface area contributed by atoms with Crippen LogP contribution in [-0.2, 0) is 4.74 Å². The van der Waals surface area contributed by atoms with Crippen molar-refractivity contribution in [1.29, 1.82) is 0 Å². The molecule has 0 aliphatic carbocycles. The van der Waals surface area contributed by atoms with Gasteiger partial charge in [-0.2, -0.15) is 0 Å². The molecular formula is C17H35IN4O2. The summed E-state index contributed by atoms with van der Waals surface area (Å²) < 4.78 is 5.00. The number of likely N-dealkylation sites (tertiary alicyclic amines) is 1. The Morgan fingerprint density at radius 3 is 2.67 bits per heavy atom. The van der Waals surface area contributed by atoms with Gasteiger partial charge in [0.25, 0.3) is 0 Å². The summed E-state index contributed by atoms with van der Waals surface area (Å²) in [6.45, 7) is 11.5. The first-order valence-electron chi connectivity index (χ1n) is 8.85. The molecule has 7 heteroatoms. The molecule has 0 aromatic carbocycles. The fourth-order valence-corrected chi connectivity index (χ4v) is 3.03. The third kappa shape index (κ3) is 8.94. The molecule has 0 aromatic heterocycles. The van der Waals surface area contributed by atoms with E-state index in [9.17, 15) is 4.79 Å². The van der Waals surface area contributed by atoms with Crippen molar-refractivity contribution < 1.29 is 9.53 Å². The number of hydrogen-bond donors (Lipinski definition) is 2. The van der Waals surface area contributed by atoms with E-state index in [2.05, 4.69) is 41.3 Å². The smallest absolute Gasteiger partial charge is 0.407 e. The largest absolute Gasteiger partial charge is 0.450 e. The second-order valence-corrected chi connectivity index (χ2v) is 6.81. The second kappa shape index (κ2) is 12.6. The predicted octanol–water partition coefficient (Wildman–Crippen LogP) is 3.07. The fraction of sp³-hybridized carbons (Fsp3) is 0.882. The maximum atomic E-state index is 11.7. The molecule has 0 bridgehead atoms. The van der Waals surface area contributed by atoms with Crippen LogP contribution in [0.15, 0.2) is 4.99 Å². The van der Waals surface area contributed by atoms with Crippen molar-refractivity contribution in [1.82, 2.24) is 15.5 Å². The number of ether oxygens (including phenoxy) is 1. The Balaban J connectivity index is 0.00000529. The van der Waals surface area contributed by atoms with Crippen molar-refractivity contribution in [2.45, 2.75) is 53.0 Å². The molecular weight excluding hydrogens is 419 g/mol. The number of aliphatic imine (C=N–C) groups is 1. The highest BCUT2D eigenvalue weighted by Gasteiger charge is 2.21. The van der Waals surface area contributed by atoms with Crippen molar-refractivity contribution in [2.24, 2.45) is 16.8 Å². The van der Waals surface area contributed by atoms with E-state index in [-0.39, 0.29) is 36.1 Å². The standard InChI is InChI=1S/C17H34N4O2.HI/c1-6-23-17(22)20-15(10-13(2)3)11-19-16(18-5)21-9-7-8-14(4)12-21;/h13-15H,6-12H2,1-5H3,(H,18,19)(H,20,22);1H. The number of hydrogen-bond acceptors (Lipinski definition) is 3. The summed E-state index contributed by atoms with van der Waals surface area (Å²) in [4.78, 5) is 18.4. The summed E-state index contributed by atoms with van der Waals surface area (Å²) >= 11 is 0. The molecule has 1 aliphatic heterocycles. The monoisotopic (exact) mass is 454 g/mol. The quantitative estimate of drug-likeness (QED) is 0.368. The van der Waals surface area contributed by atoms with E-state index in [1.807, 2.05) is 14.0 Å². The number of carbonyl (C=O) groups excluding carboxylic acids is 1. The van der Waals surface area contributed by atoms with E-state index < -0.39 is 0 Å². The van der Waals surface area contributed by atoms with E-state index in [1.165, 1.54) is 12.8 Å². The lowest BCUT2D eigenvalue weighted by Crippen LogP contribution is -2.51. The predicted molar refractivity (Wildman–Crippen MR) is 110 cm³/mol. The first kappa shape index (κ1) is 23.3. The normalized spacial score (nSPS) is 19.5. The number of nitrogens with zero attached hydrogens (tertiary/aromatic N) is 2. The van der Waals surface area contributed by atoms with Gasteiger partial charge in [-0.1, -0.05) is 20.8 Å². The van der Waals surface area contributed by atoms with Crippen LogP contribution in [0.1, 0.15) is 47.0 Å². The molecule has 1 aliphatic rings. The van der Waals surface area contributed by atoms with E-state index in [1.54, 1.807) is 0 Å². The highest BCUT2D eigenvalue weighted by Crippen LogP contribution is 2.15. The first-order valence-corrected chi connectivity index (χ1v) is 8.85. The third-order valence-corrected chi connectivity index (χ3v) is 4.03. The van der Waals surface area contributed by atoms with Gasteiger partial charge in [-0.15, -0.1) is 24.0 Å². The molecule has 2 N–H and O–H groups in total. The molecule has 1 heterocycles. The topological polar surface area (TPSA) is 66.0 Å². The maximum absolute atomic E-state index is 11.7. The van der Waals surface area contributed by atoms with Gasteiger partial charge in [-0.3, -0.25) is 4.99 Å². The van der Waals surface area contributed by atoms with E-state index in [0.717, 1.165) is 25.5 Å². The van der Waals surface area contributed by atoms with Gasteiger partial charge in [-0.25, -0.2) is 4.79 Å². The number of carbonyl (C=O) groups is 1. The summed E-state index contributed by atoms with van der Waals surface area (Å²) in [6.07, 6.45) is 3.05. The summed E-state index contributed by atoms with van der Waals surface area (Å²) in [7, 11) is 1.82. The number of nitrogens with one attached hydrogen (secondary N) is 2. The van der Waals surface area contributed by atoms with Gasteiger partial charge in [0.1, 0.15) is 0 Å². The first-order chi connectivity index (χ1) is 11.0. The summed E-state index contributed by atoms with van der Waals surface area (Å²) in [6, 6.07) is 0.0352. The van der Waals surface area contributed by atoms with Crippen molar-refractivity contribution in [3.05, 3.63) is 0 Å². The Kier molecular flexibility index (Phi) is 12.2. The number of piperidine rings is 1. The highest BCUT2D eigenvalue weighted by atomic mass is 127. The number of rotatable bonds is 6. The number of amides is 1. The van der Waals surface area contributed by atoms with Gasteiger partial charge in [0.15, 0.2) is 5.96 Å². The Bertz CT molecular complexity index is 391. The number of halogens is 1. The SMILES string of the molecule is CCOC(=O)NC(CNC(=NC)N1CCCC(C)C1)CC(C)C.I. The fourth-order valence-electron chi connectivity index (χ4n) is 3.03. The Labute approximate surface area is 164 Å². The zero-order chi connectivity index (χ0) is 17.2. The lowest BCUT2D eigenvalue weighted by Gasteiger charge is -2.34. The minimum Gasteiger partial charge on any atom is -0.450 e. The summed E-state index contributed by atoms with van der Waals surface area (Å²) in [5.41, 5.74) is 0. The molecule has 0 saturated carbocycles. The molecule has 1 saturated heterocycles. The van der Waals surface area contributed by atoms with Gasteiger partial charge in [0, 0.05) is 32.7 Å². The van der Waals surface area contributed by atoms with Crippen LogP contribution in [0.5, 0.6) is 0 Å². The summed E-state index contributed by atoms with van der Waals surface area (Å²) in [5.74, 6) is 2.13. The van der Waals surface area contributed by atoms with Crippen LogP contribution in [0, 0.1) is 11.8 Å². The highest BCUT2D eigenvalue weighted by molar-refractivity contribution is 14.0. The molecule has 24 heavy (non-hydrogen) atoms. The van der Waals surface area contributed by atoms with Gasteiger partial charge >= 0.3 is 6.09 Å². The zero-order valence-corrected chi connectivity index (χ0v) is 18.1. The molecule has 1 fully saturated rings. The lowest BCUT2D eigenvalue weighted by atomic mass is 10.0. The molecule has 2 unspecified atom stereocenters. The van der Waals surface area contributed by atoms with Crippen LogP contribution in [0.3, 0.4) is 0 Å². The Hall–Kier alpha value is -0.730. The second-order valence-electron chi connectivity index (χ2n) is 6.81. The lowest BCUT2D eigenvalue weighted by molar-refractivity contribution is 0.146. The van der Waals surface area contributed by atoms with E-state index in [4.69, 9.17) is 4.74 Å². The zero-order valence-electron chi connectivity index (χ0n) is 15.8. The van der Waals surface area contributed by atoms with Crippen LogP contribution in [0.4, 0.5) is 4.79 Å². The van der Waals surface area contributed by atoms with Crippen LogP contribution in [0.25, 0.3) is 0 Å². The van der Waals surface area contributed by atoms with Crippen molar-refractivity contribution in [3.8, 4) is 0 Å². The minimum absolute atomic E-state index is 0. The number of guanidine groups is 1. The Morgan fingerprint density at radius 2 is 2.12 bits per heavy atom. The van der Waals surface area contributed by atoms with Crippen LogP contribution in [-0.4, -0.2) is 56.3 Å². The van der Waals surface area contributed by atoms with Crippen molar-refractivity contribution in [2.75, 3.05) is 33.3 Å². The molecule has 0 aromatic rings. The molecule has 2 atom stereocenters. The van der Waals surface area contributed by atoms with Crippen LogP contribution >= 0.6 is 24.0 Å². The molecule has 0 radical (unpaired) electrons. The van der Waals surface area contributed by atoms with Crippen LogP contribution < -0.4 is 10.6 Å². The molecule has 142 valence electrons. The summed E-state index contributed by atoms with van der Waals surface area (Å²) in [5, 5.41) is 6.36. The Morgan fingerprint density at radius 1 is 1.42 bits per heavy atom. The maximum Gasteiger partial charge on any atom is 0.407 e. The van der Waals surface area contributed by atoms with E-state index in [0.29, 0.717) is 25.0 Å². The van der Waals surface area contributed by atoms with Gasteiger partial charge in [0.05, 0.1) is 6.61 Å². The third-order valence-electron chi connectivity index (χ3n) is 4.03.